The van der Waals surface area contributed by atoms with E-state index in [0.717, 1.165) is 6.07 Å². The number of carbonyl (C=O) groups is 1. The van der Waals surface area contributed by atoms with Crippen molar-refractivity contribution in [3.8, 4) is 11.4 Å². The van der Waals surface area contributed by atoms with Crippen molar-refractivity contribution in [2.24, 2.45) is 5.92 Å². The first kappa shape index (κ1) is 26.4. The molecular weight excluding hydrogens is 507 g/mol. The first-order chi connectivity index (χ1) is 17.6. The number of halogens is 4. The number of ether oxygens (including phenoxy) is 1. The number of anilines is 1. The Balaban J connectivity index is 1.71. The molecule has 0 spiro atoms. The van der Waals surface area contributed by atoms with E-state index in [0.29, 0.717) is 28.4 Å². The number of carbonyl (C=O) groups excluding carboxylic acids is 1. The average molecular weight is 530 g/mol. The topological polar surface area (TPSA) is 89.9 Å². The number of aromatic nitrogens is 4. The Morgan fingerprint density at radius 1 is 1.08 bits per heavy atom. The zero-order chi connectivity index (χ0) is 26.6. The second kappa shape index (κ2) is 11.2. The van der Waals surface area contributed by atoms with Gasteiger partial charge in [-0.1, -0.05) is 37.6 Å². The third kappa shape index (κ3) is 6.58. The molecule has 0 fully saturated rings. The van der Waals surface area contributed by atoms with Crippen LogP contribution >= 0.6 is 11.6 Å². The average Bonchev–Trinajstić information content (AvgIpc) is 2.86. The number of alkyl halides is 3. The minimum atomic E-state index is -4.60. The quantitative estimate of drug-likeness (QED) is 0.257. The van der Waals surface area contributed by atoms with Crippen LogP contribution in [-0.4, -0.2) is 38.9 Å². The molecule has 4 aromatic rings. The van der Waals surface area contributed by atoms with Crippen molar-refractivity contribution < 1.29 is 22.7 Å². The molecule has 4 rings (SSSR count). The molecule has 0 aliphatic rings. The molecule has 37 heavy (non-hydrogen) atoms. The number of nitrogens with one attached hydrogen (secondary N) is 1. The van der Waals surface area contributed by atoms with E-state index in [9.17, 15) is 18.0 Å². The summed E-state index contributed by atoms with van der Waals surface area (Å²) in [6.07, 6.45) is -3.33. The first-order valence-electron chi connectivity index (χ1n) is 11.4. The van der Waals surface area contributed by atoms with Gasteiger partial charge in [0, 0.05) is 23.4 Å². The Kier molecular flexibility index (Phi) is 7.99. The van der Waals surface area contributed by atoms with E-state index in [4.69, 9.17) is 16.3 Å². The molecule has 0 saturated heterocycles. The summed E-state index contributed by atoms with van der Waals surface area (Å²) < 4.78 is 46.3. The number of fused-ring (bicyclic) bond motifs is 1. The molecule has 1 aromatic carbocycles. The highest BCUT2D eigenvalue weighted by molar-refractivity contribution is 6.31. The van der Waals surface area contributed by atoms with Gasteiger partial charge in [-0.05, 0) is 42.3 Å². The maximum atomic E-state index is 13.6. The summed E-state index contributed by atoms with van der Waals surface area (Å²) in [7, 11) is 0. The Hall–Kier alpha value is -3.63. The van der Waals surface area contributed by atoms with Crippen LogP contribution in [0.15, 0.2) is 54.7 Å². The van der Waals surface area contributed by atoms with Gasteiger partial charge in [-0.15, -0.1) is 0 Å². The highest BCUT2D eigenvalue weighted by Crippen LogP contribution is 2.35. The van der Waals surface area contributed by atoms with E-state index in [-0.39, 0.29) is 47.7 Å². The minimum absolute atomic E-state index is 0.00845. The third-order valence-corrected chi connectivity index (χ3v) is 5.44. The van der Waals surface area contributed by atoms with Crippen LogP contribution in [0.2, 0.25) is 5.02 Å². The summed E-state index contributed by atoms with van der Waals surface area (Å²) in [4.78, 5) is 29.9. The molecule has 3 heterocycles. The predicted molar refractivity (Wildman–Crippen MR) is 134 cm³/mol. The molecule has 11 heteroatoms. The molecule has 0 unspecified atom stereocenters. The standard InChI is InChI=1S/C26H23ClF3N5O2/c1-15(2)13-37-14-22-34-24(32-12-21(36)16-5-3-6-17(27)11-16)18-8-9-20(33-25(18)35-22)23-19(26(28,29)30)7-4-10-31-23/h3-11,15H,12-14H2,1-2H3,(H,32,33,34,35). The summed E-state index contributed by atoms with van der Waals surface area (Å²) in [5, 5.41) is 3.87. The van der Waals surface area contributed by atoms with Crippen LogP contribution in [0.4, 0.5) is 19.0 Å². The highest BCUT2D eigenvalue weighted by atomic mass is 35.5. The lowest BCUT2D eigenvalue weighted by Gasteiger charge is -2.14. The summed E-state index contributed by atoms with van der Waals surface area (Å²) in [5.74, 6) is 0.634. The smallest absolute Gasteiger partial charge is 0.373 e. The second-order valence-corrected chi connectivity index (χ2v) is 9.09. The number of rotatable bonds is 9. The number of hydrogen-bond acceptors (Lipinski definition) is 7. The Morgan fingerprint density at radius 2 is 1.89 bits per heavy atom. The summed E-state index contributed by atoms with van der Waals surface area (Å²) in [6, 6.07) is 11.7. The van der Waals surface area contributed by atoms with Crippen molar-refractivity contribution in [2.45, 2.75) is 26.6 Å². The molecule has 0 saturated carbocycles. The molecule has 0 atom stereocenters. The van der Waals surface area contributed by atoms with Crippen LogP contribution in [0.5, 0.6) is 0 Å². The molecule has 0 aliphatic heterocycles. The third-order valence-electron chi connectivity index (χ3n) is 5.21. The molecule has 3 aromatic heterocycles. The fraction of sp³-hybridized carbons (Fsp3) is 0.269. The van der Waals surface area contributed by atoms with Crippen molar-refractivity contribution in [3.05, 3.63) is 76.7 Å². The highest BCUT2D eigenvalue weighted by Gasteiger charge is 2.34. The number of pyridine rings is 2. The van der Waals surface area contributed by atoms with Gasteiger partial charge in [0.2, 0.25) is 0 Å². The largest absolute Gasteiger partial charge is 0.418 e. The molecule has 1 N–H and O–H groups in total. The molecule has 192 valence electrons. The summed E-state index contributed by atoms with van der Waals surface area (Å²) >= 11 is 5.99. The van der Waals surface area contributed by atoms with Crippen LogP contribution in [0.25, 0.3) is 22.4 Å². The summed E-state index contributed by atoms with van der Waals surface area (Å²) in [6.45, 7) is 4.42. The zero-order valence-electron chi connectivity index (χ0n) is 20.0. The number of ketones is 1. The zero-order valence-corrected chi connectivity index (χ0v) is 20.8. The maximum absolute atomic E-state index is 13.6. The molecule has 0 amide bonds. The number of nitrogens with zero attached hydrogens (tertiary/aromatic N) is 4. The van der Waals surface area contributed by atoms with Gasteiger partial charge in [-0.3, -0.25) is 9.78 Å². The Labute approximate surface area is 216 Å². The van der Waals surface area contributed by atoms with Gasteiger partial charge in [0.1, 0.15) is 18.1 Å². The van der Waals surface area contributed by atoms with Crippen molar-refractivity contribution >= 4 is 34.2 Å². The lowest BCUT2D eigenvalue weighted by atomic mass is 10.1. The van der Waals surface area contributed by atoms with E-state index >= 15 is 0 Å². The van der Waals surface area contributed by atoms with Crippen molar-refractivity contribution in [3.63, 3.8) is 0 Å². The van der Waals surface area contributed by atoms with E-state index in [2.05, 4.69) is 25.3 Å². The predicted octanol–water partition coefficient (Wildman–Crippen LogP) is 6.23. The van der Waals surface area contributed by atoms with Gasteiger partial charge >= 0.3 is 6.18 Å². The van der Waals surface area contributed by atoms with Crippen LogP contribution in [-0.2, 0) is 17.5 Å². The monoisotopic (exact) mass is 529 g/mol. The number of Topliss-reactive ketones (excluding diaryl/α,β-unsaturated/α-hetero) is 1. The fourth-order valence-electron chi connectivity index (χ4n) is 3.54. The Bertz CT molecular complexity index is 1430. The molecule has 0 aliphatic carbocycles. The van der Waals surface area contributed by atoms with Crippen molar-refractivity contribution in [2.75, 3.05) is 18.5 Å². The molecule has 7 nitrogen and oxygen atoms in total. The van der Waals surface area contributed by atoms with Crippen LogP contribution in [0.1, 0.15) is 35.6 Å². The number of hydrogen-bond donors (Lipinski definition) is 1. The SMILES string of the molecule is CC(C)COCc1nc(NCC(=O)c2cccc(Cl)c2)c2ccc(-c3ncccc3C(F)(F)F)nc2n1. The van der Waals surface area contributed by atoms with Gasteiger partial charge < -0.3 is 10.1 Å². The fourth-order valence-corrected chi connectivity index (χ4v) is 3.73. The van der Waals surface area contributed by atoms with Gasteiger partial charge in [-0.2, -0.15) is 13.2 Å². The normalized spacial score (nSPS) is 11.8. The van der Waals surface area contributed by atoms with Crippen LogP contribution in [0.3, 0.4) is 0 Å². The van der Waals surface area contributed by atoms with E-state index < -0.39 is 11.7 Å². The van der Waals surface area contributed by atoms with E-state index in [1.54, 1.807) is 30.3 Å². The lowest BCUT2D eigenvalue weighted by molar-refractivity contribution is -0.137. The Morgan fingerprint density at radius 3 is 2.62 bits per heavy atom. The van der Waals surface area contributed by atoms with Gasteiger partial charge in [0.15, 0.2) is 17.3 Å². The summed E-state index contributed by atoms with van der Waals surface area (Å²) in [5.41, 5.74) is -0.629. The first-order valence-corrected chi connectivity index (χ1v) is 11.8. The molecular formula is C26H23ClF3N5O2. The van der Waals surface area contributed by atoms with Crippen molar-refractivity contribution in [1.82, 2.24) is 19.9 Å². The number of benzene rings is 1. The van der Waals surface area contributed by atoms with Crippen LogP contribution < -0.4 is 5.32 Å². The second-order valence-electron chi connectivity index (χ2n) is 8.65. The van der Waals surface area contributed by atoms with Gasteiger partial charge in [0.25, 0.3) is 0 Å². The van der Waals surface area contributed by atoms with E-state index in [1.165, 1.54) is 18.3 Å². The maximum Gasteiger partial charge on any atom is 0.418 e. The van der Waals surface area contributed by atoms with Crippen LogP contribution in [0, 0.1) is 5.92 Å². The molecule has 0 bridgehead atoms. The van der Waals surface area contributed by atoms with Crippen molar-refractivity contribution in [1.29, 1.82) is 0 Å². The lowest BCUT2D eigenvalue weighted by Crippen LogP contribution is -2.16. The van der Waals surface area contributed by atoms with Gasteiger partial charge in [-0.25, -0.2) is 15.0 Å². The molecule has 0 radical (unpaired) electrons. The van der Waals surface area contributed by atoms with Gasteiger partial charge in [0.05, 0.1) is 23.2 Å². The minimum Gasteiger partial charge on any atom is -0.373 e. The van der Waals surface area contributed by atoms with E-state index in [1.807, 2.05) is 13.8 Å².